The number of methoxy groups -OCH3 is 1. The summed E-state index contributed by atoms with van der Waals surface area (Å²) in [5.74, 6) is 0.224. The number of aromatic nitrogens is 1. The van der Waals surface area contributed by atoms with Crippen molar-refractivity contribution in [3.8, 4) is 0 Å². The number of carbonyl (C=O) groups is 3. The Morgan fingerprint density at radius 1 is 1.20 bits per heavy atom. The fraction of sp³-hybridized carbons (Fsp3) is 0.657. The molecule has 3 N–H and O–H groups in total. The third-order valence-corrected chi connectivity index (χ3v) is 11.0. The maximum Gasteiger partial charge on any atom is 0.239 e. The van der Waals surface area contributed by atoms with Crippen molar-refractivity contribution in [2.45, 2.75) is 109 Å². The molecule has 0 radical (unpaired) electrons. The van der Waals surface area contributed by atoms with E-state index in [-0.39, 0.29) is 47.7 Å². The van der Waals surface area contributed by atoms with Gasteiger partial charge in [0, 0.05) is 44.7 Å². The topological polar surface area (TPSA) is 118 Å². The Morgan fingerprint density at radius 2 is 1.91 bits per heavy atom. The number of benzene rings is 1. The van der Waals surface area contributed by atoms with E-state index in [2.05, 4.69) is 36.3 Å². The second-order valence-corrected chi connectivity index (χ2v) is 14.3. The standard InChI is InChI=1S/C35H53N5O4S/c1-7-24(4)27(39(5)33(42)30(36)23(2)3)15-16-29(41)40-20-11-14-28(40)31(44-6)35(17-18-35)34(43)38-26(32-37-19-21-45-32)22-25-12-9-8-10-13-25/h8-10,12-13,19,21,23-24,26-28,30-31H,7,11,14-18,20,22,36H2,1-6H3,(H,38,43)/t24-,26-,27+,28-,30-,31-/m0/s1. The SMILES string of the molecule is CC[C@H](C)[C@@H](CCC(=O)N1CCC[C@H]1[C@H](OC)C1(C(=O)N[C@@H](Cc2ccccc2)c2nccs2)CC1)N(C)C(=O)[C@@H](N)C(C)C. The van der Waals surface area contributed by atoms with E-state index in [1.165, 1.54) is 0 Å². The average molecular weight is 640 g/mol. The Bertz CT molecular complexity index is 1250. The average Bonchev–Trinajstić information content (AvgIpc) is 3.40. The van der Waals surface area contributed by atoms with Crippen LogP contribution in [0.2, 0.25) is 0 Å². The lowest BCUT2D eigenvalue weighted by molar-refractivity contribution is -0.143. The number of hydrogen-bond donors (Lipinski definition) is 2. The number of amides is 3. The van der Waals surface area contributed by atoms with Gasteiger partial charge in [-0.2, -0.15) is 0 Å². The third kappa shape index (κ3) is 8.13. The molecule has 2 heterocycles. The molecule has 2 aromatic rings. The number of carbonyl (C=O) groups excluding carboxylic acids is 3. The van der Waals surface area contributed by atoms with Gasteiger partial charge in [-0.25, -0.2) is 4.98 Å². The summed E-state index contributed by atoms with van der Waals surface area (Å²) in [5.41, 5.74) is 6.67. The molecule has 2 aliphatic rings. The number of hydrogen-bond acceptors (Lipinski definition) is 7. The molecular formula is C35H53N5O4S. The van der Waals surface area contributed by atoms with E-state index in [9.17, 15) is 14.4 Å². The van der Waals surface area contributed by atoms with Crippen molar-refractivity contribution in [3.05, 3.63) is 52.5 Å². The molecule has 0 unspecified atom stereocenters. The smallest absolute Gasteiger partial charge is 0.239 e. The predicted molar refractivity (Wildman–Crippen MR) is 178 cm³/mol. The molecule has 1 aliphatic heterocycles. The molecule has 9 nitrogen and oxygen atoms in total. The molecule has 1 aromatic carbocycles. The van der Waals surface area contributed by atoms with Crippen molar-refractivity contribution in [2.75, 3.05) is 20.7 Å². The number of rotatable bonds is 16. The summed E-state index contributed by atoms with van der Waals surface area (Å²) in [5, 5.41) is 6.14. The molecule has 2 fully saturated rings. The lowest BCUT2D eigenvalue weighted by atomic mass is 9.89. The molecular weight excluding hydrogens is 586 g/mol. The van der Waals surface area contributed by atoms with Crippen LogP contribution in [0, 0.1) is 17.3 Å². The maximum absolute atomic E-state index is 14.1. The number of ether oxygens (including phenoxy) is 1. The summed E-state index contributed by atoms with van der Waals surface area (Å²) >= 11 is 1.54. The molecule has 1 aromatic heterocycles. The Balaban J connectivity index is 1.45. The van der Waals surface area contributed by atoms with Crippen LogP contribution in [0.15, 0.2) is 41.9 Å². The van der Waals surface area contributed by atoms with E-state index in [0.717, 1.165) is 42.7 Å². The predicted octanol–water partition coefficient (Wildman–Crippen LogP) is 4.97. The van der Waals surface area contributed by atoms with E-state index in [1.807, 2.05) is 49.4 Å². The summed E-state index contributed by atoms with van der Waals surface area (Å²) < 4.78 is 6.12. The maximum atomic E-state index is 14.1. The van der Waals surface area contributed by atoms with E-state index in [0.29, 0.717) is 25.8 Å². The fourth-order valence-corrected chi connectivity index (χ4v) is 7.62. The quantitative estimate of drug-likeness (QED) is 0.268. The zero-order chi connectivity index (χ0) is 32.7. The Labute approximate surface area is 273 Å². The van der Waals surface area contributed by atoms with Crippen LogP contribution in [0.25, 0.3) is 0 Å². The molecule has 1 saturated heterocycles. The molecule has 0 spiro atoms. The minimum absolute atomic E-state index is 0.0248. The number of nitrogens with two attached hydrogens (primary N) is 1. The first-order chi connectivity index (χ1) is 21.5. The normalized spacial score (nSPS) is 20.7. The summed E-state index contributed by atoms with van der Waals surface area (Å²) in [4.78, 5) is 49.2. The zero-order valence-corrected chi connectivity index (χ0v) is 28.7. The lowest BCUT2D eigenvalue weighted by Crippen LogP contribution is -2.53. The largest absolute Gasteiger partial charge is 0.378 e. The van der Waals surface area contributed by atoms with E-state index < -0.39 is 17.6 Å². The molecule has 4 rings (SSSR count). The summed E-state index contributed by atoms with van der Waals surface area (Å²) in [7, 11) is 3.48. The molecule has 248 valence electrons. The molecule has 3 amide bonds. The van der Waals surface area contributed by atoms with Gasteiger partial charge in [-0.1, -0.05) is 64.4 Å². The third-order valence-electron chi connectivity index (χ3n) is 10.1. The lowest BCUT2D eigenvalue weighted by Gasteiger charge is -2.37. The molecule has 1 aliphatic carbocycles. The second kappa shape index (κ2) is 15.6. The highest BCUT2D eigenvalue weighted by atomic mass is 32.1. The molecule has 1 saturated carbocycles. The van der Waals surface area contributed by atoms with Gasteiger partial charge >= 0.3 is 0 Å². The summed E-state index contributed by atoms with van der Waals surface area (Å²) in [6, 6.07) is 9.09. The van der Waals surface area contributed by atoms with Crippen molar-refractivity contribution >= 4 is 29.1 Å². The van der Waals surface area contributed by atoms with Gasteiger partial charge in [-0.05, 0) is 55.9 Å². The van der Waals surface area contributed by atoms with Crippen LogP contribution < -0.4 is 11.1 Å². The van der Waals surface area contributed by atoms with E-state index in [4.69, 9.17) is 10.5 Å². The second-order valence-electron chi connectivity index (χ2n) is 13.4. The number of likely N-dealkylation sites (N-methyl/N-ethyl adjacent to an activating group) is 1. The monoisotopic (exact) mass is 639 g/mol. The first-order valence-electron chi connectivity index (χ1n) is 16.6. The minimum atomic E-state index is -0.673. The van der Waals surface area contributed by atoms with Gasteiger partial charge in [-0.15, -0.1) is 11.3 Å². The van der Waals surface area contributed by atoms with Crippen molar-refractivity contribution in [3.63, 3.8) is 0 Å². The van der Waals surface area contributed by atoms with Gasteiger partial charge in [0.1, 0.15) is 5.01 Å². The van der Waals surface area contributed by atoms with E-state index in [1.54, 1.807) is 29.5 Å². The van der Waals surface area contributed by atoms with Crippen molar-refractivity contribution < 1.29 is 19.1 Å². The molecule has 0 bridgehead atoms. The van der Waals surface area contributed by atoms with Crippen molar-refractivity contribution in [2.24, 2.45) is 23.0 Å². The van der Waals surface area contributed by atoms with Crippen LogP contribution in [0.3, 0.4) is 0 Å². The van der Waals surface area contributed by atoms with Gasteiger partial charge in [0.05, 0.1) is 29.6 Å². The van der Waals surface area contributed by atoms with Crippen LogP contribution in [0.1, 0.15) is 89.3 Å². The Hall–Kier alpha value is -2.82. The van der Waals surface area contributed by atoms with Crippen molar-refractivity contribution in [1.82, 2.24) is 20.1 Å². The number of likely N-dealkylation sites (tertiary alicyclic amines) is 1. The van der Waals surface area contributed by atoms with Gasteiger partial charge in [0.15, 0.2) is 0 Å². The number of nitrogens with one attached hydrogen (secondary N) is 1. The van der Waals surface area contributed by atoms with Gasteiger partial charge in [-0.3, -0.25) is 14.4 Å². The first kappa shape index (κ1) is 35.0. The van der Waals surface area contributed by atoms with Gasteiger partial charge in [0.2, 0.25) is 17.7 Å². The van der Waals surface area contributed by atoms with Crippen molar-refractivity contribution in [1.29, 1.82) is 0 Å². The highest BCUT2D eigenvalue weighted by Gasteiger charge is 2.60. The number of thiazole rings is 1. The zero-order valence-electron chi connectivity index (χ0n) is 27.9. The fourth-order valence-electron chi connectivity index (χ4n) is 6.93. The van der Waals surface area contributed by atoms with Crippen LogP contribution in [0.4, 0.5) is 0 Å². The Kier molecular flexibility index (Phi) is 12.2. The molecule has 45 heavy (non-hydrogen) atoms. The highest BCUT2D eigenvalue weighted by molar-refractivity contribution is 7.09. The molecule has 6 atom stereocenters. The van der Waals surface area contributed by atoms with E-state index >= 15 is 0 Å². The van der Waals surface area contributed by atoms with Crippen LogP contribution in [0.5, 0.6) is 0 Å². The first-order valence-corrected chi connectivity index (χ1v) is 17.5. The highest BCUT2D eigenvalue weighted by Crippen LogP contribution is 2.53. The van der Waals surface area contributed by atoms with Crippen LogP contribution in [-0.4, -0.2) is 77.4 Å². The van der Waals surface area contributed by atoms with Gasteiger partial charge in [0.25, 0.3) is 0 Å². The summed E-state index contributed by atoms with van der Waals surface area (Å²) in [6.45, 7) is 8.79. The van der Waals surface area contributed by atoms with Gasteiger partial charge < -0.3 is 25.6 Å². The number of nitrogens with zero attached hydrogens (tertiary/aromatic N) is 3. The van der Waals surface area contributed by atoms with Crippen LogP contribution in [-0.2, 0) is 25.5 Å². The molecule has 10 heteroatoms. The minimum Gasteiger partial charge on any atom is -0.378 e. The van der Waals surface area contributed by atoms with Crippen LogP contribution >= 0.6 is 11.3 Å². The Morgan fingerprint density at radius 3 is 2.49 bits per heavy atom. The summed E-state index contributed by atoms with van der Waals surface area (Å²) in [6.07, 6.45) is 6.96.